The highest BCUT2D eigenvalue weighted by Crippen LogP contribution is 2.45. The van der Waals surface area contributed by atoms with Gasteiger partial charge in [0.1, 0.15) is 13.2 Å². The quantitative estimate of drug-likeness (QED) is 0.0843. The lowest BCUT2D eigenvalue weighted by atomic mass is 9.62. The maximum absolute atomic E-state index is 12.6. The fourth-order valence-electron chi connectivity index (χ4n) is 5.52. The van der Waals surface area contributed by atoms with Gasteiger partial charge in [0.05, 0.1) is 19.8 Å². The first-order chi connectivity index (χ1) is 20.6. The molecule has 1 rings (SSSR count). The highest BCUT2D eigenvalue weighted by Gasteiger charge is 2.42. The summed E-state index contributed by atoms with van der Waals surface area (Å²) in [6.07, 6.45) is 4.23. The molecule has 2 amide bonds. The smallest absolute Gasteiger partial charge is 0.407 e. The van der Waals surface area contributed by atoms with Gasteiger partial charge in [-0.3, -0.25) is 9.59 Å². The average Bonchev–Trinajstić information content (AvgIpc) is 2.91. The minimum Gasteiger partial charge on any atom is -0.466 e. The number of carbonyl (C=O) groups is 5. The molecule has 252 valence electrons. The van der Waals surface area contributed by atoms with E-state index < -0.39 is 18.2 Å². The van der Waals surface area contributed by atoms with Crippen LogP contribution in [0.1, 0.15) is 99.3 Å². The molecule has 44 heavy (non-hydrogen) atoms. The molecule has 12 nitrogen and oxygen atoms in total. The summed E-state index contributed by atoms with van der Waals surface area (Å²) in [5.41, 5.74) is -0.0741. The molecule has 0 aliphatic heterocycles. The summed E-state index contributed by atoms with van der Waals surface area (Å²) in [6.45, 7) is 16.3. The van der Waals surface area contributed by atoms with Crippen molar-refractivity contribution in [1.29, 1.82) is 0 Å². The van der Waals surface area contributed by atoms with Gasteiger partial charge >= 0.3 is 30.1 Å². The van der Waals surface area contributed by atoms with Crippen LogP contribution in [-0.2, 0) is 38.1 Å². The van der Waals surface area contributed by atoms with Crippen LogP contribution in [0, 0.1) is 16.7 Å². The van der Waals surface area contributed by atoms with Gasteiger partial charge in [-0.05, 0) is 75.5 Å². The van der Waals surface area contributed by atoms with Gasteiger partial charge in [0.2, 0.25) is 0 Å². The molecule has 1 aliphatic rings. The first kappa shape index (κ1) is 38.7. The molecule has 2 N–H and O–H groups in total. The lowest BCUT2D eigenvalue weighted by molar-refractivity contribution is -0.145. The fraction of sp³-hybridized carbons (Fsp3) is 0.781. The third-order valence-electron chi connectivity index (χ3n) is 7.36. The second-order valence-corrected chi connectivity index (χ2v) is 12.9. The molecule has 0 radical (unpaired) electrons. The molecule has 1 saturated carbocycles. The predicted molar refractivity (Wildman–Crippen MR) is 164 cm³/mol. The van der Waals surface area contributed by atoms with E-state index in [9.17, 15) is 24.0 Å². The summed E-state index contributed by atoms with van der Waals surface area (Å²) in [6, 6.07) is -0.121. The summed E-state index contributed by atoms with van der Waals surface area (Å²) >= 11 is 0. The second-order valence-electron chi connectivity index (χ2n) is 12.9. The van der Waals surface area contributed by atoms with E-state index in [2.05, 4.69) is 38.0 Å². The zero-order valence-corrected chi connectivity index (χ0v) is 27.6. The lowest BCUT2D eigenvalue weighted by Gasteiger charge is -2.46. The Labute approximate surface area is 262 Å². The van der Waals surface area contributed by atoms with Crippen molar-refractivity contribution in [2.45, 2.75) is 105 Å². The highest BCUT2D eigenvalue weighted by molar-refractivity contribution is 5.86. The van der Waals surface area contributed by atoms with Gasteiger partial charge in [-0.1, -0.05) is 34.3 Å². The molecule has 0 saturated heterocycles. The molecular formula is C32H54N2O10. The van der Waals surface area contributed by atoms with Crippen LogP contribution in [0.15, 0.2) is 12.2 Å². The monoisotopic (exact) mass is 626 g/mol. The van der Waals surface area contributed by atoms with Gasteiger partial charge in [-0.15, -0.1) is 0 Å². The van der Waals surface area contributed by atoms with E-state index >= 15 is 0 Å². The Morgan fingerprint density at radius 2 is 1.39 bits per heavy atom. The topological polar surface area (TPSA) is 156 Å². The molecule has 12 heteroatoms. The van der Waals surface area contributed by atoms with Crippen molar-refractivity contribution in [1.82, 2.24) is 10.6 Å². The minimum absolute atomic E-state index is 0.0509. The van der Waals surface area contributed by atoms with Crippen LogP contribution in [0.3, 0.4) is 0 Å². The third-order valence-corrected chi connectivity index (χ3v) is 7.36. The first-order valence-corrected chi connectivity index (χ1v) is 15.6. The Hall–Kier alpha value is -3.31. The molecule has 3 unspecified atom stereocenters. The molecule has 0 aromatic carbocycles. The number of nitrogens with one attached hydrogen (secondary N) is 2. The standard InChI is InChI=1S/C32H54N2O10/c1-8-40-26(35)11-9-10-12-27(36)41-15-13-24(4)14-16-43-30(39)34-25-19-31(5,6)21-32(7,20-25)22-33-29(38)44-18-17-42-28(37)23(2)3/h24-25H,2,8-22H2,1,3-7H3,(H,33,38)(H,34,39). The van der Waals surface area contributed by atoms with Crippen molar-refractivity contribution in [3.63, 3.8) is 0 Å². The summed E-state index contributed by atoms with van der Waals surface area (Å²) in [5, 5.41) is 5.79. The van der Waals surface area contributed by atoms with Crippen LogP contribution in [-0.4, -0.2) is 75.7 Å². The van der Waals surface area contributed by atoms with Crippen molar-refractivity contribution in [2.24, 2.45) is 16.7 Å². The van der Waals surface area contributed by atoms with E-state index in [-0.39, 0.29) is 66.5 Å². The average molecular weight is 627 g/mol. The van der Waals surface area contributed by atoms with Crippen molar-refractivity contribution >= 4 is 30.1 Å². The number of unbranched alkanes of at least 4 members (excludes halogenated alkanes) is 1. The van der Waals surface area contributed by atoms with Gasteiger partial charge in [-0.25, -0.2) is 14.4 Å². The van der Waals surface area contributed by atoms with Crippen LogP contribution in [0.5, 0.6) is 0 Å². The Morgan fingerprint density at radius 1 is 0.818 bits per heavy atom. The number of amides is 2. The maximum Gasteiger partial charge on any atom is 0.407 e. The Kier molecular flexibility index (Phi) is 17.5. The Morgan fingerprint density at radius 3 is 2.00 bits per heavy atom. The van der Waals surface area contributed by atoms with E-state index in [0.29, 0.717) is 58.3 Å². The molecule has 0 bridgehead atoms. The maximum atomic E-state index is 12.6. The number of hydrogen-bond acceptors (Lipinski definition) is 10. The van der Waals surface area contributed by atoms with Gasteiger partial charge < -0.3 is 34.3 Å². The summed E-state index contributed by atoms with van der Waals surface area (Å²) in [5.74, 6) is -0.876. The summed E-state index contributed by atoms with van der Waals surface area (Å²) < 4.78 is 25.6. The Bertz CT molecular complexity index is 967. The van der Waals surface area contributed by atoms with Crippen molar-refractivity contribution < 1.29 is 47.7 Å². The van der Waals surface area contributed by atoms with E-state index in [0.717, 1.165) is 12.8 Å². The van der Waals surface area contributed by atoms with Gasteiger partial charge in [-0.2, -0.15) is 0 Å². The van der Waals surface area contributed by atoms with Gasteiger partial charge in [0.25, 0.3) is 0 Å². The second kappa shape index (κ2) is 19.9. The molecule has 1 aliphatic carbocycles. The van der Waals surface area contributed by atoms with Crippen LogP contribution in [0.25, 0.3) is 0 Å². The molecule has 0 heterocycles. The zero-order chi connectivity index (χ0) is 33.2. The summed E-state index contributed by atoms with van der Waals surface area (Å²) in [7, 11) is 0. The number of hydrogen-bond donors (Lipinski definition) is 2. The van der Waals surface area contributed by atoms with Gasteiger partial charge in [0, 0.05) is 31.0 Å². The van der Waals surface area contributed by atoms with Crippen molar-refractivity contribution in [2.75, 3.05) is 39.6 Å². The molecular weight excluding hydrogens is 572 g/mol. The fourth-order valence-corrected chi connectivity index (χ4v) is 5.52. The third kappa shape index (κ3) is 17.7. The molecule has 3 atom stereocenters. The number of carbonyl (C=O) groups excluding carboxylic acids is 5. The van der Waals surface area contributed by atoms with Crippen LogP contribution in [0.2, 0.25) is 0 Å². The molecule has 0 aromatic heterocycles. The Balaban J connectivity index is 2.30. The lowest BCUT2D eigenvalue weighted by Crippen LogP contribution is -2.50. The predicted octanol–water partition coefficient (Wildman–Crippen LogP) is 5.23. The largest absolute Gasteiger partial charge is 0.466 e. The normalized spacial score (nSPS) is 19.5. The summed E-state index contributed by atoms with van der Waals surface area (Å²) in [4.78, 5) is 59.3. The molecule has 0 spiro atoms. The van der Waals surface area contributed by atoms with E-state index in [1.165, 1.54) is 6.92 Å². The van der Waals surface area contributed by atoms with Crippen molar-refractivity contribution in [3.8, 4) is 0 Å². The number of alkyl carbamates (subject to hydrolysis) is 2. The SMILES string of the molecule is C=C(C)C(=O)OCCOC(=O)NCC1(C)CC(NC(=O)OCCC(C)CCOC(=O)CCCCC(=O)OCC)CC(C)(C)C1. The van der Waals surface area contributed by atoms with Crippen LogP contribution in [0.4, 0.5) is 9.59 Å². The van der Waals surface area contributed by atoms with Gasteiger partial charge in [0.15, 0.2) is 0 Å². The van der Waals surface area contributed by atoms with E-state index in [1.54, 1.807) is 6.92 Å². The highest BCUT2D eigenvalue weighted by atomic mass is 16.6. The zero-order valence-electron chi connectivity index (χ0n) is 27.6. The number of ether oxygens (including phenoxy) is 5. The number of esters is 3. The van der Waals surface area contributed by atoms with Crippen LogP contribution >= 0.6 is 0 Å². The first-order valence-electron chi connectivity index (χ1n) is 15.6. The minimum atomic E-state index is -0.597. The number of rotatable bonds is 19. The molecule has 0 aromatic rings. The molecule has 1 fully saturated rings. The van der Waals surface area contributed by atoms with E-state index in [1.807, 2.05) is 6.92 Å². The van der Waals surface area contributed by atoms with Crippen LogP contribution < -0.4 is 10.6 Å². The van der Waals surface area contributed by atoms with E-state index in [4.69, 9.17) is 23.7 Å². The van der Waals surface area contributed by atoms with Crippen molar-refractivity contribution in [3.05, 3.63) is 12.2 Å².